The van der Waals surface area contributed by atoms with Crippen molar-refractivity contribution in [1.82, 2.24) is 0 Å². The summed E-state index contributed by atoms with van der Waals surface area (Å²) >= 11 is 0. The summed E-state index contributed by atoms with van der Waals surface area (Å²) in [4.78, 5) is 0. The maximum atomic E-state index is 8.72. The number of hydrogen-bond donors (Lipinski definition) is 1. The van der Waals surface area contributed by atoms with Gasteiger partial charge in [0.05, 0.1) is 11.6 Å². The summed E-state index contributed by atoms with van der Waals surface area (Å²) < 4.78 is 0. The lowest BCUT2D eigenvalue weighted by Crippen LogP contribution is -2.13. The molecule has 2 N–H and O–H groups in total. The second-order valence-corrected chi connectivity index (χ2v) is 4.03. The number of hydrogen-bond acceptors (Lipinski definition) is 2. The van der Waals surface area contributed by atoms with Crippen molar-refractivity contribution in [2.24, 2.45) is 5.73 Å². The molecule has 2 heteroatoms. The van der Waals surface area contributed by atoms with Crippen LogP contribution in [0.15, 0.2) is 54.6 Å². The molecule has 0 aromatic heterocycles. The molecule has 0 bridgehead atoms. The first-order valence-corrected chi connectivity index (χ1v) is 5.59. The zero-order valence-electron chi connectivity index (χ0n) is 9.51. The first-order valence-electron chi connectivity index (χ1n) is 5.59. The van der Waals surface area contributed by atoms with Gasteiger partial charge in [-0.25, -0.2) is 0 Å². The molecule has 0 saturated heterocycles. The Morgan fingerprint density at radius 3 is 2.24 bits per heavy atom. The van der Waals surface area contributed by atoms with Crippen LogP contribution < -0.4 is 5.73 Å². The highest BCUT2D eigenvalue weighted by molar-refractivity contribution is 5.33. The number of nitrogens with two attached hydrogens (primary N) is 1. The molecule has 84 valence electrons. The van der Waals surface area contributed by atoms with E-state index in [2.05, 4.69) is 18.2 Å². The summed E-state index contributed by atoms with van der Waals surface area (Å²) in [6, 6.07) is 19.7. The molecule has 1 atom stereocenters. The highest BCUT2D eigenvalue weighted by Gasteiger charge is 2.06. The van der Waals surface area contributed by atoms with Crippen molar-refractivity contribution in [3.05, 3.63) is 71.3 Å². The van der Waals surface area contributed by atoms with Crippen LogP contribution in [0.1, 0.15) is 22.7 Å². The van der Waals surface area contributed by atoms with Gasteiger partial charge < -0.3 is 5.73 Å². The average Bonchev–Trinajstić information content (AvgIpc) is 2.40. The van der Waals surface area contributed by atoms with Gasteiger partial charge in [0.15, 0.2) is 0 Å². The van der Waals surface area contributed by atoms with Crippen molar-refractivity contribution in [2.45, 2.75) is 12.5 Å². The second kappa shape index (κ2) is 5.29. The molecule has 2 aromatic rings. The molecular weight excluding hydrogens is 208 g/mol. The Labute approximate surface area is 101 Å². The van der Waals surface area contributed by atoms with Crippen LogP contribution in [0.4, 0.5) is 0 Å². The van der Waals surface area contributed by atoms with Crippen molar-refractivity contribution < 1.29 is 0 Å². The van der Waals surface area contributed by atoms with Gasteiger partial charge in [0.1, 0.15) is 0 Å². The fraction of sp³-hybridized carbons (Fsp3) is 0.133. The zero-order chi connectivity index (χ0) is 12.1. The van der Waals surface area contributed by atoms with Crippen molar-refractivity contribution in [3.8, 4) is 6.07 Å². The van der Waals surface area contributed by atoms with Gasteiger partial charge in [0.2, 0.25) is 0 Å². The quantitative estimate of drug-likeness (QED) is 0.868. The van der Waals surface area contributed by atoms with Crippen LogP contribution >= 0.6 is 0 Å². The highest BCUT2D eigenvalue weighted by Crippen LogP contribution is 2.16. The SMILES string of the molecule is N#Cc1ccc([C@H](N)Cc2ccccc2)cc1. The molecule has 0 heterocycles. The van der Waals surface area contributed by atoms with Crippen LogP contribution in [-0.4, -0.2) is 0 Å². The molecule has 0 aliphatic heterocycles. The summed E-state index contributed by atoms with van der Waals surface area (Å²) in [7, 11) is 0. The van der Waals surface area contributed by atoms with Gasteiger partial charge in [-0.3, -0.25) is 0 Å². The molecule has 2 rings (SSSR count). The van der Waals surface area contributed by atoms with E-state index in [4.69, 9.17) is 11.0 Å². The van der Waals surface area contributed by atoms with Crippen molar-refractivity contribution in [3.63, 3.8) is 0 Å². The van der Waals surface area contributed by atoms with Crippen LogP contribution in [0.25, 0.3) is 0 Å². The molecule has 2 aromatic carbocycles. The van der Waals surface area contributed by atoms with Gasteiger partial charge in [-0.2, -0.15) is 5.26 Å². The number of benzene rings is 2. The molecule has 0 amide bonds. The largest absolute Gasteiger partial charge is 0.324 e. The van der Waals surface area contributed by atoms with Crippen molar-refractivity contribution in [1.29, 1.82) is 5.26 Å². The van der Waals surface area contributed by atoms with E-state index in [1.807, 2.05) is 30.3 Å². The van der Waals surface area contributed by atoms with Crippen molar-refractivity contribution in [2.75, 3.05) is 0 Å². The molecule has 0 aliphatic rings. The maximum absolute atomic E-state index is 8.72. The van der Waals surface area contributed by atoms with Gasteiger partial charge in [-0.15, -0.1) is 0 Å². The van der Waals surface area contributed by atoms with Gasteiger partial charge in [-0.05, 0) is 29.7 Å². The lowest BCUT2D eigenvalue weighted by Gasteiger charge is -2.12. The Hall–Kier alpha value is -2.11. The number of nitrogens with zero attached hydrogens (tertiary/aromatic N) is 1. The number of rotatable bonds is 3. The monoisotopic (exact) mass is 222 g/mol. The second-order valence-electron chi connectivity index (χ2n) is 4.03. The van der Waals surface area contributed by atoms with Crippen LogP contribution in [-0.2, 0) is 6.42 Å². The molecule has 0 fully saturated rings. The Balaban J connectivity index is 2.10. The minimum absolute atomic E-state index is 0.0230. The van der Waals surface area contributed by atoms with E-state index >= 15 is 0 Å². The van der Waals surface area contributed by atoms with Crippen LogP contribution in [0.3, 0.4) is 0 Å². The molecule has 0 radical (unpaired) electrons. The minimum Gasteiger partial charge on any atom is -0.324 e. The third-order valence-electron chi connectivity index (χ3n) is 2.77. The van der Waals surface area contributed by atoms with Gasteiger partial charge in [-0.1, -0.05) is 42.5 Å². The summed E-state index contributed by atoms with van der Waals surface area (Å²) in [5, 5.41) is 8.72. The maximum Gasteiger partial charge on any atom is 0.0991 e. The third-order valence-corrected chi connectivity index (χ3v) is 2.77. The highest BCUT2D eigenvalue weighted by atomic mass is 14.6. The summed E-state index contributed by atoms with van der Waals surface area (Å²) in [6.07, 6.45) is 0.812. The van der Waals surface area contributed by atoms with Crippen LogP contribution in [0, 0.1) is 11.3 Å². The summed E-state index contributed by atoms with van der Waals surface area (Å²) in [6.45, 7) is 0. The van der Waals surface area contributed by atoms with Crippen molar-refractivity contribution >= 4 is 0 Å². The lowest BCUT2D eigenvalue weighted by molar-refractivity contribution is 0.722. The zero-order valence-corrected chi connectivity index (χ0v) is 9.51. The van der Waals surface area contributed by atoms with Crippen LogP contribution in [0.2, 0.25) is 0 Å². The first-order chi connectivity index (χ1) is 8.29. The molecule has 0 aliphatic carbocycles. The normalized spacial score (nSPS) is 11.8. The Kier molecular flexibility index (Phi) is 3.54. The summed E-state index contributed by atoms with van der Waals surface area (Å²) in [5.74, 6) is 0. The van der Waals surface area contributed by atoms with E-state index in [0.717, 1.165) is 12.0 Å². The molecule has 2 nitrogen and oxygen atoms in total. The predicted octanol–water partition coefficient (Wildman–Crippen LogP) is 2.80. The Morgan fingerprint density at radius 2 is 1.65 bits per heavy atom. The lowest BCUT2D eigenvalue weighted by atomic mass is 9.99. The smallest absolute Gasteiger partial charge is 0.0991 e. The van der Waals surface area contributed by atoms with E-state index in [0.29, 0.717) is 5.56 Å². The fourth-order valence-electron chi connectivity index (χ4n) is 1.79. The Bertz CT molecular complexity index is 509. The topological polar surface area (TPSA) is 49.8 Å². The fourth-order valence-corrected chi connectivity index (χ4v) is 1.79. The molecule has 0 saturated carbocycles. The van der Waals surface area contributed by atoms with E-state index < -0.39 is 0 Å². The van der Waals surface area contributed by atoms with Crippen LogP contribution in [0.5, 0.6) is 0 Å². The third kappa shape index (κ3) is 2.93. The van der Waals surface area contributed by atoms with Gasteiger partial charge >= 0.3 is 0 Å². The van der Waals surface area contributed by atoms with E-state index in [-0.39, 0.29) is 6.04 Å². The molecule has 0 unspecified atom stereocenters. The molecular formula is C15H14N2. The molecule has 0 spiro atoms. The molecule has 17 heavy (non-hydrogen) atoms. The minimum atomic E-state index is -0.0230. The van der Waals surface area contributed by atoms with E-state index in [1.165, 1.54) is 5.56 Å². The van der Waals surface area contributed by atoms with E-state index in [9.17, 15) is 0 Å². The number of nitriles is 1. The average molecular weight is 222 g/mol. The predicted molar refractivity (Wildman–Crippen MR) is 68.2 cm³/mol. The van der Waals surface area contributed by atoms with Gasteiger partial charge in [0.25, 0.3) is 0 Å². The summed E-state index contributed by atoms with van der Waals surface area (Å²) in [5.41, 5.74) is 9.09. The van der Waals surface area contributed by atoms with Gasteiger partial charge in [0, 0.05) is 6.04 Å². The standard InChI is InChI=1S/C15H14N2/c16-11-13-6-8-14(9-7-13)15(17)10-12-4-2-1-3-5-12/h1-9,15H,10,17H2/t15-/m1/s1. The Morgan fingerprint density at radius 1 is 1.00 bits per heavy atom. The first kappa shape index (κ1) is 11.4. The van der Waals surface area contributed by atoms with E-state index in [1.54, 1.807) is 12.1 Å².